The van der Waals surface area contributed by atoms with E-state index in [0.29, 0.717) is 29.8 Å². The van der Waals surface area contributed by atoms with Crippen LogP contribution >= 0.6 is 24.8 Å². The predicted molar refractivity (Wildman–Crippen MR) is 132 cm³/mol. The molecular weight excluding hydrogens is 467 g/mol. The molecule has 10 heteroatoms. The first-order valence-corrected chi connectivity index (χ1v) is 10.6. The van der Waals surface area contributed by atoms with E-state index in [1.165, 1.54) is 12.1 Å². The number of aromatic nitrogens is 2. The SMILES string of the molecule is CCc1c(-c2ccc3c(c2)cc(CN2CC4CC2CN4)n3C)[nH]c(=O)c(C(=O)O)c1O.Cl.Cl. The van der Waals surface area contributed by atoms with Crippen LogP contribution in [0.25, 0.3) is 22.2 Å². The molecule has 33 heavy (non-hydrogen) atoms. The van der Waals surface area contributed by atoms with Crippen molar-refractivity contribution in [2.24, 2.45) is 7.05 Å². The number of halogens is 2. The van der Waals surface area contributed by atoms with Crippen molar-refractivity contribution in [3.8, 4) is 17.0 Å². The molecule has 4 N–H and O–H groups in total. The second kappa shape index (κ2) is 9.38. The Morgan fingerprint density at radius 2 is 2.00 bits per heavy atom. The fourth-order valence-corrected chi connectivity index (χ4v) is 5.18. The molecule has 8 nitrogen and oxygen atoms in total. The zero-order chi connectivity index (χ0) is 21.9. The van der Waals surface area contributed by atoms with Crippen LogP contribution in [0, 0.1) is 0 Å². The molecule has 0 aliphatic carbocycles. The molecule has 2 bridgehead atoms. The highest BCUT2D eigenvalue weighted by atomic mass is 35.5. The number of aromatic amines is 1. The van der Waals surface area contributed by atoms with Crippen molar-refractivity contribution in [2.45, 2.75) is 38.4 Å². The molecule has 2 saturated heterocycles. The monoisotopic (exact) mass is 494 g/mol. The van der Waals surface area contributed by atoms with Crippen LogP contribution in [0.1, 0.15) is 35.0 Å². The number of aryl methyl sites for hydroxylation is 1. The molecule has 2 aromatic heterocycles. The first kappa shape index (κ1) is 25.1. The average Bonchev–Trinajstić information content (AvgIpc) is 3.42. The summed E-state index contributed by atoms with van der Waals surface area (Å²) in [5.74, 6) is -1.89. The molecule has 0 amide bonds. The van der Waals surface area contributed by atoms with Gasteiger partial charge in [0.2, 0.25) is 0 Å². The highest BCUT2D eigenvalue weighted by Crippen LogP contribution is 2.33. The minimum Gasteiger partial charge on any atom is -0.506 e. The summed E-state index contributed by atoms with van der Waals surface area (Å²) in [5.41, 5.74) is 2.54. The van der Waals surface area contributed by atoms with E-state index < -0.39 is 22.8 Å². The molecule has 2 aliphatic rings. The third-order valence-corrected chi connectivity index (χ3v) is 6.82. The van der Waals surface area contributed by atoms with Crippen LogP contribution in [-0.4, -0.2) is 55.8 Å². The lowest BCUT2D eigenvalue weighted by Gasteiger charge is -2.27. The molecule has 4 heterocycles. The van der Waals surface area contributed by atoms with E-state index in [0.717, 1.165) is 36.1 Å². The molecule has 2 fully saturated rings. The van der Waals surface area contributed by atoms with Gasteiger partial charge in [0, 0.05) is 60.9 Å². The smallest absolute Gasteiger partial charge is 0.345 e. The summed E-state index contributed by atoms with van der Waals surface area (Å²) in [7, 11) is 2.07. The van der Waals surface area contributed by atoms with E-state index in [1.54, 1.807) is 0 Å². The number of carboxylic acid groups (broad SMARTS) is 1. The number of carbonyl (C=O) groups is 1. The van der Waals surface area contributed by atoms with E-state index in [9.17, 15) is 19.8 Å². The van der Waals surface area contributed by atoms with Crippen molar-refractivity contribution in [1.82, 2.24) is 19.8 Å². The van der Waals surface area contributed by atoms with Gasteiger partial charge >= 0.3 is 5.97 Å². The number of hydrogen-bond acceptors (Lipinski definition) is 5. The van der Waals surface area contributed by atoms with Crippen LogP contribution in [-0.2, 0) is 20.0 Å². The van der Waals surface area contributed by atoms with Gasteiger partial charge in [-0.15, -0.1) is 24.8 Å². The Morgan fingerprint density at radius 1 is 1.24 bits per heavy atom. The van der Waals surface area contributed by atoms with E-state index >= 15 is 0 Å². The maximum absolute atomic E-state index is 12.3. The summed E-state index contributed by atoms with van der Waals surface area (Å²) in [6, 6.07) is 9.28. The maximum atomic E-state index is 12.3. The molecule has 2 aliphatic heterocycles. The van der Waals surface area contributed by atoms with E-state index in [4.69, 9.17) is 0 Å². The molecule has 1 aromatic carbocycles. The second-order valence-corrected chi connectivity index (χ2v) is 8.58. The summed E-state index contributed by atoms with van der Waals surface area (Å²) in [5, 5.41) is 24.3. The Labute approximate surface area is 203 Å². The Kier molecular flexibility index (Phi) is 7.14. The zero-order valence-electron chi connectivity index (χ0n) is 18.4. The van der Waals surface area contributed by atoms with Crippen molar-refractivity contribution in [3.05, 3.63) is 51.4 Å². The third-order valence-electron chi connectivity index (χ3n) is 6.82. The fraction of sp³-hybridized carbons (Fsp3) is 0.391. The number of fused-ring (bicyclic) bond motifs is 3. The number of piperazine rings is 1. The van der Waals surface area contributed by atoms with Crippen LogP contribution in [0.15, 0.2) is 29.1 Å². The normalized spacial score (nSPS) is 19.5. The van der Waals surface area contributed by atoms with Gasteiger partial charge in [-0.25, -0.2) is 4.79 Å². The molecule has 0 radical (unpaired) electrons. The number of carboxylic acids is 1. The van der Waals surface area contributed by atoms with E-state index in [2.05, 4.69) is 32.9 Å². The number of aromatic carboxylic acids is 1. The zero-order valence-corrected chi connectivity index (χ0v) is 20.1. The van der Waals surface area contributed by atoms with Gasteiger partial charge in [-0.05, 0) is 36.6 Å². The molecule has 2 atom stereocenters. The van der Waals surface area contributed by atoms with Gasteiger partial charge in [0.05, 0.1) is 5.69 Å². The van der Waals surface area contributed by atoms with Gasteiger partial charge in [0.15, 0.2) is 5.56 Å². The minimum atomic E-state index is -1.44. The van der Waals surface area contributed by atoms with Crippen molar-refractivity contribution in [1.29, 1.82) is 0 Å². The van der Waals surface area contributed by atoms with Gasteiger partial charge in [-0.2, -0.15) is 0 Å². The lowest BCUT2D eigenvalue weighted by molar-refractivity contribution is 0.0691. The Bertz CT molecular complexity index is 1270. The molecular formula is C23H28Cl2N4O4. The maximum Gasteiger partial charge on any atom is 0.345 e. The van der Waals surface area contributed by atoms with Crippen LogP contribution in [0.5, 0.6) is 5.75 Å². The van der Waals surface area contributed by atoms with Crippen molar-refractivity contribution in [2.75, 3.05) is 13.1 Å². The quantitative estimate of drug-likeness (QED) is 0.434. The Balaban J connectivity index is 0.00000153. The number of nitrogens with one attached hydrogen (secondary N) is 2. The van der Waals surface area contributed by atoms with Crippen molar-refractivity contribution in [3.63, 3.8) is 0 Å². The molecule has 178 valence electrons. The molecule has 3 aromatic rings. The average molecular weight is 495 g/mol. The number of aromatic hydroxyl groups is 1. The van der Waals surface area contributed by atoms with Gasteiger partial charge < -0.3 is 25.1 Å². The van der Waals surface area contributed by atoms with E-state index in [-0.39, 0.29) is 24.8 Å². The Hall–Kier alpha value is -2.52. The number of benzene rings is 1. The predicted octanol–water partition coefficient (Wildman–Crippen LogP) is 2.89. The van der Waals surface area contributed by atoms with Gasteiger partial charge in [0.25, 0.3) is 5.56 Å². The lowest BCUT2D eigenvalue weighted by atomic mass is 9.99. The number of likely N-dealkylation sites (tertiary alicyclic amines) is 1. The number of nitrogens with zero attached hydrogens (tertiary/aromatic N) is 2. The van der Waals surface area contributed by atoms with Gasteiger partial charge in [-0.1, -0.05) is 13.0 Å². The third kappa shape index (κ3) is 4.12. The van der Waals surface area contributed by atoms with Crippen molar-refractivity contribution >= 4 is 41.7 Å². The number of H-pyrrole nitrogens is 1. The number of hydrogen-bond donors (Lipinski definition) is 4. The lowest BCUT2D eigenvalue weighted by Crippen LogP contribution is -2.43. The first-order valence-electron chi connectivity index (χ1n) is 10.6. The summed E-state index contributed by atoms with van der Waals surface area (Å²) in [6.45, 7) is 4.85. The minimum absolute atomic E-state index is 0. The number of rotatable bonds is 5. The molecule has 0 spiro atoms. The standard InChI is InChI=1S/C23H26N4O4.2ClH/c1-3-17-20(25-22(29)19(21(17)28)23(30)31)12-4-5-18-13(6-12)7-16(26(18)2)11-27-10-14-8-15(27)9-24-14;;/h4-7,14-15,24H,3,8-11H2,1-2H3,(H,30,31)(H2,25,28,29);2*1H. The highest BCUT2D eigenvalue weighted by Gasteiger charge is 2.37. The molecule has 0 saturated carbocycles. The second-order valence-electron chi connectivity index (χ2n) is 8.58. The van der Waals surface area contributed by atoms with Gasteiger partial charge in [0.1, 0.15) is 5.75 Å². The largest absolute Gasteiger partial charge is 0.506 e. The van der Waals surface area contributed by atoms with Crippen LogP contribution in [0.2, 0.25) is 0 Å². The highest BCUT2D eigenvalue weighted by molar-refractivity contribution is 5.92. The van der Waals surface area contributed by atoms with E-state index in [1.807, 2.05) is 25.1 Å². The number of pyridine rings is 1. The summed E-state index contributed by atoms with van der Waals surface area (Å²) < 4.78 is 2.20. The topological polar surface area (TPSA) is 111 Å². The fourth-order valence-electron chi connectivity index (χ4n) is 5.18. The van der Waals surface area contributed by atoms with Crippen LogP contribution < -0.4 is 10.9 Å². The van der Waals surface area contributed by atoms with Crippen LogP contribution in [0.4, 0.5) is 0 Å². The molecule has 2 unspecified atom stereocenters. The summed E-state index contributed by atoms with van der Waals surface area (Å²) in [4.78, 5) is 28.9. The first-order chi connectivity index (χ1) is 14.9. The molecule has 5 rings (SSSR count). The van der Waals surface area contributed by atoms with Crippen molar-refractivity contribution < 1.29 is 15.0 Å². The van der Waals surface area contributed by atoms with Gasteiger partial charge in [-0.3, -0.25) is 9.69 Å². The van der Waals surface area contributed by atoms with Crippen LogP contribution in [0.3, 0.4) is 0 Å². The summed E-state index contributed by atoms with van der Waals surface area (Å²) in [6.07, 6.45) is 1.61. The summed E-state index contributed by atoms with van der Waals surface area (Å²) >= 11 is 0. The Morgan fingerprint density at radius 3 is 2.61 bits per heavy atom.